The Labute approximate surface area is 145 Å². The first-order chi connectivity index (χ1) is 11.4. The first-order valence-corrected chi connectivity index (χ1v) is 7.59. The zero-order chi connectivity index (χ0) is 17.3. The molecular formula is C16H10Cl2FN3O2. The summed E-state index contributed by atoms with van der Waals surface area (Å²) in [6, 6.07) is 8.36. The summed E-state index contributed by atoms with van der Waals surface area (Å²) in [6.07, 6.45) is 1.28. The van der Waals surface area contributed by atoms with Crippen molar-refractivity contribution >= 4 is 45.7 Å². The quantitative estimate of drug-likeness (QED) is 0.772. The Morgan fingerprint density at radius 1 is 1.21 bits per heavy atom. The van der Waals surface area contributed by atoms with Crippen molar-refractivity contribution < 1.29 is 9.18 Å². The molecule has 5 nitrogen and oxygen atoms in total. The predicted molar refractivity (Wildman–Crippen MR) is 91.1 cm³/mol. The van der Waals surface area contributed by atoms with Gasteiger partial charge in [0.25, 0.3) is 5.56 Å². The van der Waals surface area contributed by atoms with Crippen LogP contribution < -0.4 is 10.9 Å². The molecule has 0 aliphatic heterocycles. The van der Waals surface area contributed by atoms with Crippen molar-refractivity contribution in [2.24, 2.45) is 0 Å². The highest BCUT2D eigenvalue weighted by atomic mass is 35.5. The number of hydrogen-bond donors (Lipinski definition) is 1. The molecule has 1 aromatic heterocycles. The molecule has 1 heterocycles. The number of fused-ring (bicyclic) bond motifs is 1. The number of carbonyl (C=O) groups excluding carboxylic acids is 1. The fourth-order valence-corrected chi connectivity index (χ4v) is 2.57. The second-order valence-corrected chi connectivity index (χ2v) is 5.86. The van der Waals surface area contributed by atoms with Crippen LogP contribution in [0.5, 0.6) is 0 Å². The van der Waals surface area contributed by atoms with E-state index in [4.69, 9.17) is 23.2 Å². The van der Waals surface area contributed by atoms with E-state index >= 15 is 0 Å². The van der Waals surface area contributed by atoms with Crippen LogP contribution in [0.4, 0.5) is 10.1 Å². The van der Waals surface area contributed by atoms with Crippen molar-refractivity contribution in [3.8, 4) is 0 Å². The molecular weight excluding hydrogens is 356 g/mol. The van der Waals surface area contributed by atoms with E-state index < -0.39 is 11.7 Å². The Kier molecular flexibility index (Phi) is 4.51. The van der Waals surface area contributed by atoms with Gasteiger partial charge in [-0.25, -0.2) is 9.37 Å². The van der Waals surface area contributed by atoms with E-state index in [1.807, 2.05) is 0 Å². The summed E-state index contributed by atoms with van der Waals surface area (Å²) in [5, 5.41) is 3.31. The van der Waals surface area contributed by atoms with Gasteiger partial charge in [0.2, 0.25) is 5.91 Å². The molecule has 1 N–H and O–H groups in total. The molecule has 0 saturated carbocycles. The Hall–Kier alpha value is -2.44. The van der Waals surface area contributed by atoms with Crippen molar-refractivity contribution in [1.82, 2.24) is 9.55 Å². The summed E-state index contributed by atoms with van der Waals surface area (Å²) < 4.78 is 14.2. The van der Waals surface area contributed by atoms with Crippen LogP contribution in [-0.2, 0) is 11.3 Å². The maximum atomic E-state index is 13.0. The highest BCUT2D eigenvalue weighted by Gasteiger charge is 2.11. The number of benzene rings is 2. The van der Waals surface area contributed by atoms with Gasteiger partial charge in [-0.05, 0) is 36.4 Å². The molecule has 0 aliphatic rings. The number of rotatable bonds is 3. The van der Waals surface area contributed by atoms with Crippen LogP contribution in [0, 0.1) is 5.82 Å². The van der Waals surface area contributed by atoms with Gasteiger partial charge >= 0.3 is 0 Å². The number of anilines is 1. The highest BCUT2D eigenvalue weighted by molar-refractivity contribution is 6.33. The molecule has 0 unspecified atom stereocenters. The number of halogens is 3. The first kappa shape index (κ1) is 16.4. The van der Waals surface area contributed by atoms with E-state index in [2.05, 4.69) is 10.3 Å². The summed E-state index contributed by atoms with van der Waals surface area (Å²) in [5.74, 6) is -1.00. The molecule has 0 fully saturated rings. The van der Waals surface area contributed by atoms with E-state index in [-0.39, 0.29) is 22.8 Å². The van der Waals surface area contributed by atoms with Gasteiger partial charge in [0.15, 0.2) is 0 Å². The zero-order valence-corrected chi connectivity index (χ0v) is 13.6. The van der Waals surface area contributed by atoms with Gasteiger partial charge in [0.1, 0.15) is 12.4 Å². The minimum absolute atomic E-state index is 0.0686. The van der Waals surface area contributed by atoms with Gasteiger partial charge in [0.05, 0.1) is 27.9 Å². The van der Waals surface area contributed by atoms with E-state index in [1.165, 1.54) is 24.5 Å². The van der Waals surface area contributed by atoms with Crippen LogP contribution in [0.1, 0.15) is 0 Å². The Bertz CT molecular complexity index is 1000. The normalized spacial score (nSPS) is 10.8. The fourth-order valence-electron chi connectivity index (χ4n) is 2.18. The SMILES string of the molecule is O=C(Cn1cnc2ccc(Cl)cc2c1=O)Nc1ccc(F)cc1Cl. The molecule has 0 atom stereocenters. The molecule has 0 saturated heterocycles. The maximum Gasteiger partial charge on any atom is 0.261 e. The third-order valence-electron chi connectivity index (χ3n) is 3.31. The standard InChI is InChI=1S/C16H10Cl2FN3O2/c17-9-1-3-13-11(5-9)16(24)22(8-20-13)7-15(23)21-14-4-2-10(19)6-12(14)18/h1-6,8H,7H2,(H,21,23). The van der Waals surface area contributed by atoms with Crippen LogP contribution >= 0.6 is 23.2 Å². The number of carbonyl (C=O) groups is 1. The van der Waals surface area contributed by atoms with E-state index in [9.17, 15) is 14.0 Å². The second kappa shape index (κ2) is 6.59. The van der Waals surface area contributed by atoms with Gasteiger partial charge in [0, 0.05) is 5.02 Å². The topological polar surface area (TPSA) is 64.0 Å². The summed E-state index contributed by atoms with van der Waals surface area (Å²) in [4.78, 5) is 28.6. The Morgan fingerprint density at radius 2 is 2.00 bits per heavy atom. The first-order valence-electron chi connectivity index (χ1n) is 6.83. The molecule has 2 aromatic carbocycles. The molecule has 0 radical (unpaired) electrons. The summed E-state index contributed by atoms with van der Waals surface area (Å²) in [7, 11) is 0. The fraction of sp³-hybridized carbons (Fsp3) is 0.0625. The molecule has 122 valence electrons. The van der Waals surface area contributed by atoms with E-state index in [0.29, 0.717) is 15.9 Å². The van der Waals surface area contributed by atoms with Gasteiger partial charge in [-0.3, -0.25) is 14.2 Å². The lowest BCUT2D eigenvalue weighted by molar-refractivity contribution is -0.116. The average Bonchev–Trinajstić information content (AvgIpc) is 2.53. The third kappa shape index (κ3) is 3.39. The number of nitrogens with zero attached hydrogens (tertiary/aromatic N) is 2. The molecule has 0 spiro atoms. The van der Waals surface area contributed by atoms with Crippen molar-refractivity contribution in [2.75, 3.05) is 5.32 Å². The van der Waals surface area contributed by atoms with E-state index in [1.54, 1.807) is 12.1 Å². The van der Waals surface area contributed by atoms with Crippen LogP contribution in [-0.4, -0.2) is 15.5 Å². The summed E-state index contributed by atoms with van der Waals surface area (Å²) >= 11 is 11.7. The van der Waals surface area contributed by atoms with Gasteiger partial charge in [-0.15, -0.1) is 0 Å². The molecule has 0 aliphatic carbocycles. The lowest BCUT2D eigenvalue weighted by Gasteiger charge is -2.09. The zero-order valence-electron chi connectivity index (χ0n) is 12.1. The minimum Gasteiger partial charge on any atom is -0.323 e. The highest BCUT2D eigenvalue weighted by Crippen LogP contribution is 2.22. The number of hydrogen-bond acceptors (Lipinski definition) is 3. The number of amides is 1. The van der Waals surface area contributed by atoms with Crippen LogP contribution in [0.3, 0.4) is 0 Å². The van der Waals surface area contributed by atoms with Crippen molar-refractivity contribution in [3.63, 3.8) is 0 Å². The lowest BCUT2D eigenvalue weighted by atomic mass is 10.2. The number of aromatic nitrogens is 2. The molecule has 24 heavy (non-hydrogen) atoms. The Morgan fingerprint density at radius 3 is 2.75 bits per heavy atom. The van der Waals surface area contributed by atoms with Crippen molar-refractivity contribution in [3.05, 3.63) is 68.9 Å². The summed E-state index contributed by atoms with van der Waals surface area (Å²) in [5.41, 5.74) is 0.360. The predicted octanol–water partition coefficient (Wildman–Crippen LogP) is 3.48. The van der Waals surface area contributed by atoms with Gasteiger partial charge < -0.3 is 5.32 Å². The largest absolute Gasteiger partial charge is 0.323 e. The minimum atomic E-state index is -0.509. The van der Waals surface area contributed by atoms with Crippen LogP contribution in [0.2, 0.25) is 10.0 Å². The van der Waals surface area contributed by atoms with Crippen LogP contribution in [0.15, 0.2) is 47.5 Å². The molecule has 8 heteroatoms. The summed E-state index contributed by atoms with van der Waals surface area (Å²) in [6.45, 7) is -0.262. The molecule has 1 amide bonds. The molecule has 0 bridgehead atoms. The smallest absolute Gasteiger partial charge is 0.261 e. The second-order valence-electron chi connectivity index (χ2n) is 5.01. The molecule has 3 rings (SSSR count). The van der Waals surface area contributed by atoms with Crippen molar-refractivity contribution in [2.45, 2.75) is 6.54 Å². The number of nitrogens with one attached hydrogen (secondary N) is 1. The van der Waals surface area contributed by atoms with Crippen molar-refractivity contribution in [1.29, 1.82) is 0 Å². The lowest BCUT2D eigenvalue weighted by Crippen LogP contribution is -2.28. The average molecular weight is 366 g/mol. The van der Waals surface area contributed by atoms with E-state index in [0.717, 1.165) is 10.6 Å². The van der Waals surface area contributed by atoms with Gasteiger partial charge in [-0.1, -0.05) is 23.2 Å². The maximum absolute atomic E-state index is 13.0. The molecule has 3 aromatic rings. The Balaban J connectivity index is 1.85. The van der Waals surface area contributed by atoms with Crippen LogP contribution in [0.25, 0.3) is 10.9 Å². The van der Waals surface area contributed by atoms with Gasteiger partial charge in [-0.2, -0.15) is 0 Å². The third-order valence-corrected chi connectivity index (χ3v) is 3.85. The monoisotopic (exact) mass is 365 g/mol.